The minimum absolute atomic E-state index is 0.207. The Morgan fingerprint density at radius 3 is 2.57 bits per heavy atom. The molecule has 0 saturated heterocycles. The first kappa shape index (κ1) is 17.8. The van der Waals surface area contributed by atoms with Crippen LogP contribution in [0, 0.1) is 0 Å². The molecule has 0 radical (unpaired) electrons. The van der Waals surface area contributed by atoms with Gasteiger partial charge in [-0.1, -0.05) is 36.4 Å². The first-order valence-corrected chi connectivity index (χ1v) is 9.10. The van der Waals surface area contributed by atoms with Crippen LogP contribution < -0.4 is 16.8 Å². The van der Waals surface area contributed by atoms with Crippen molar-refractivity contribution in [3.63, 3.8) is 0 Å². The van der Waals surface area contributed by atoms with Crippen LogP contribution in [0.4, 0.5) is 17.6 Å². The lowest BCUT2D eigenvalue weighted by atomic mass is 9.95. The Hall–Kier alpha value is -3.61. The van der Waals surface area contributed by atoms with Gasteiger partial charge in [-0.3, -0.25) is 5.10 Å². The summed E-state index contributed by atoms with van der Waals surface area (Å²) in [4.78, 5) is 8.76. The number of benzene rings is 2. The number of H-pyrrole nitrogens is 1. The van der Waals surface area contributed by atoms with E-state index in [-0.39, 0.29) is 11.5 Å². The summed E-state index contributed by atoms with van der Waals surface area (Å²) in [7, 11) is 0. The minimum atomic E-state index is -0.207. The largest absolute Gasteiger partial charge is 0.382 e. The van der Waals surface area contributed by atoms with Gasteiger partial charge in [0.05, 0.1) is 11.2 Å². The normalized spacial score (nSPS) is 11.6. The standard InChI is InChI=1S/C21H23N7/c1-21(2,12-13-6-4-3-5-7-13)26-18-11-16(24-20(23)25-18)14-8-9-15-17(10-14)27-28-19(15)22/h3-11H,12H2,1-2H3,(H3,22,27,28)(H3,23,24,25,26). The molecule has 6 N–H and O–H groups in total. The third kappa shape index (κ3) is 3.73. The smallest absolute Gasteiger partial charge is 0.222 e. The maximum absolute atomic E-state index is 5.98. The van der Waals surface area contributed by atoms with Gasteiger partial charge in [-0.05, 0) is 38.0 Å². The van der Waals surface area contributed by atoms with Gasteiger partial charge in [0.1, 0.15) is 5.82 Å². The summed E-state index contributed by atoms with van der Waals surface area (Å²) in [6.45, 7) is 4.27. The zero-order chi connectivity index (χ0) is 19.7. The summed E-state index contributed by atoms with van der Waals surface area (Å²) in [5.74, 6) is 1.39. The highest BCUT2D eigenvalue weighted by Gasteiger charge is 2.19. The molecule has 7 nitrogen and oxygen atoms in total. The van der Waals surface area contributed by atoms with Crippen molar-refractivity contribution in [2.45, 2.75) is 25.8 Å². The molecule has 0 aliphatic rings. The SMILES string of the molecule is CC(C)(Cc1ccccc1)Nc1cc(-c2ccc3c(N)n[nH]c3c2)nc(N)n1. The molecule has 0 unspecified atom stereocenters. The molecule has 0 fully saturated rings. The fourth-order valence-corrected chi connectivity index (χ4v) is 3.37. The molecule has 2 aromatic heterocycles. The van der Waals surface area contributed by atoms with Crippen molar-refractivity contribution in [2.75, 3.05) is 16.8 Å². The number of aromatic nitrogens is 4. The molecule has 4 aromatic rings. The number of hydrogen-bond donors (Lipinski definition) is 4. The van der Waals surface area contributed by atoms with E-state index in [2.05, 4.69) is 51.5 Å². The second-order valence-corrected chi connectivity index (χ2v) is 7.54. The average Bonchev–Trinajstić information content (AvgIpc) is 3.01. The van der Waals surface area contributed by atoms with Crippen molar-refractivity contribution in [3.05, 3.63) is 60.2 Å². The van der Waals surface area contributed by atoms with Crippen molar-refractivity contribution in [3.8, 4) is 11.3 Å². The molecule has 4 rings (SSSR count). The zero-order valence-corrected chi connectivity index (χ0v) is 15.9. The Kier molecular flexibility index (Phi) is 4.35. The summed E-state index contributed by atoms with van der Waals surface area (Å²) in [6.07, 6.45) is 0.854. The summed E-state index contributed by atoms with van der Waals surface area (Å²) < 4.78 is 0. The summed E-state index contributed by atoms with van der Waals surface area (Å²) in [6, 6.07) is 18.1. The van der Waals surface area contributed by atoms with Crippen LogP contribution in [-0.4, -0.2) is 25.7 Å². The number of aromatic amines is 1. The van der Waals surface area contributed by atoms with Crippen LogP contribution in [0.3, 0.4) is 0 Å². The van der Waals surface area contributed by atoms with Crippen LogP contribution in [0.1, 0.15) is 19.4 Å². The summed E-state index contributed by atoms with van der Waals surface area (Å²) >= 11 is 0. The Labute approximate surface area is 163 Å². The van der Waals surface area contributed by atoms with E-state index in [4.69, 9.17) is 11.5 Å². The fraction of sp³-hybridized carbons (Fsp3) is 0.190. The molecular formula is C21H23N7. The molecular weight excluding hydrogens is 350 g/mol. The molecule has 0 spiro atoms. The van der Waals surface area contributed by atoms with Crippen LogP contribution in [0.2, 0.25) is 0 Å². The number of nitrogens with zero attached hydrogens (tertiary/aromatic N) is 3. The summed E-state index contributed by atoms with van der Waals surface area (Å²) in [5.41, 5.74) is 15.4. The highest BCUT2D eigenvalue weighted by Crippen LogP contribution is 2.27. The number of rotatable bonds is 5. The quantitative estimate of drug-likeness (QED) is 0.424. The molecule has 7 heteroatoms. The number of anilines is 3. The third-order valence-electron chi connectivity index (χ3n) is 4.59. The molecule has 2 heterocycles. The highest BCUT2D eigenvalue weighted by molar-refractivity contribution is 5.91. The second kappa shape index (κ2) is 6.84. The molecule has 0 bridgehead atoms. The number of nitrogens with one attached hydrogen (secondary N) is 2. The van der Waals surface area contributed by atoms with Crippen molar-refractivity contribution in [1.82, 2.24) is 20.2 Å². The predicted molar refractivity (Wildman–Crippen MR) is 114 cm³/mol. The second-order valence-electron chi connectivity index (χ2n) is 7.54. The number of nitrogens with two attached hydrogens (primary N) is 2. The monoisotopic (exact) mass is 373 g/mol. The first-order valence-electron chi connectivity index (χ1n) is 9.10. The molecule has 142 valence electrons. The van der Waals surface area contributed by atoms with E-state index >= 15 is 0 Å². The lowest BCUT2D eigenvalue weighted by Crippen LogP contribution is -2.34. The molecule has 0 saturated carbocycles. The van der Waals surface area contributed by atoms with E-state index in [0.29, 0.717) is 11.6 Å². The Morgan fingerprint density at radius 2 is 1.79 bits per heavy atom. The van der Waals surface area contributed by atoms with Crippen molar-refractivity contribution in [1.29, 1.82) is 0 Å². The van der Waals surface area contributed by atoms with E-state index in [1.54, 1.807) is 0 Å². The van der Waals surface area contributed by atoms with Crippen LogP contribution in [0.15, 0.2) is 54.6 Å². The van der Waals surface area contributed by atoms with E-state index < -0.39 is 0 Å². The maximum atomic E-state index is 5.98. The molecule has 28 heavy (non-hydrogen) atoms. The van der Waals surface area contributed by atoms with Crippen LogP contribution in [0.5, 0.6) is 0 Å². The van der Waals surface area contributed by atoms with Crippen LogP contribution >= 0.6 is 0 Å². The van der Waals surface area contributed by atoms with E-state index in [0.717, 1.165) is 28.6 Å². The number of nitrogen functional groups attached to an aromatic ring is 2. The van der Waals surface area contributed by atoms with Crippen LogP contribution in [0.25, 0.3) is 22.2 Å². The molecule has 0 aliphatic heterocycles. The Morgan fingerprint density at radius 1 is 1.00 bits per heavy atom. The number of hydrogen-bond acceptors (Lipinski definition) is 6. The molecule has 2 aromatic carbocycles. The molecule has 0 aliphatic carbocycles. The Balaban J connectivity index is 1.62. The topological polar surface area (TPSA) is 119 Å². The van der Waals surface area contributed by atoms with Gasteiger partial charge in [-0.2, -0.15) is 10.1 Å². The maximum Gasteiger partial charge on any atom is 0.222 e. The van der Waals surface area contributed by atoms with Gasteiger partial charge < -0.3 is 16.8 Å². The van der Waals surface area contributed by atoms with Gasteiger partial charge in [0.15, 0.2) is 5.82 Å². The van der Waals surface area contributed by atoms with Crippen LogP contribution in [-0.2, 0) is 6.42 Å². The third-order valence-corrected chi connectivity index (χ3v) is 4.59. The zero-order valence-electron chi connectivity index (χ0n) is 15.9. The van der Waals surface area contributed by atoms with Crippen molar-refractivity contribution < 1.29 is 0 Å². The lowest BCUT2D eigenvalue weighted by Gasteiger charge is -2.27. The fourth-order valence-electron chi connectivity index (χ4n) is 3.37. The van der Waals surface area contributed by atoms with E-state index in [9.17, 15) is 0 Å². The van der Waals surface area contributed by atoms with E-state index in [1.807, 2.05) is 42.5 Å². The van der Waals surface area contributed by atoms with Gasteiger partial charge in [0, 0.05) is 22.6 Å². The van der Waals surface area contributed by atoms with Gasteiger partial charge in [-0.15, -0.1) is 0 Å². The average molecular weight is 373 g/mol. The van der Waals surface area contributed by atoms with Gasteiger partial charge in [0.2, 0.25) is 5.95 Å². The summed E-state index contributed by atoms with van der Waals surface area (Å²) in [5, 5.41) is 11.3. The minimum Gasteiger partial charge on any atom is -0.382 e. The lowest BCUT2D eigenvalue weighted by molar-refractivity contribution is 0.561. The number of fused-ring (bicyclic) bond motifs is 1. The predicted octanol–water partition coefficient (Wildman–Crippen LogP) is 3.62. The van der Waals surface area contributed by atoms with Gasteiger partial charge in [0.25, 0.3) is 0 Å². The van der Waals surface area contributed by atoms with Crippen molar-refractivity contribution >= 4 is 28.5 Å². The molecule has 0 atom stereocenters. The Bertz CT molecular complexity index is 1120. The van der Waals surface area contributed by atoms with Gasteiger partial charge >= 0.3 is 0 Å². The molecule has 0 amide bonds. The van der Waals surface area contributed by atoms with Gasteiger partial charge in [-0.25, -0.2) is 4.98 Å². The highest BCUT2D eigenvalue weighted by atomic mass is 15.2. The first-order chi connectivity index (χ1) is 13.4. The van der Waals surface area contributed by atoms with E-state index in [1.165, 1.54) is 5.56 Å². The van der Waals surface area contributed by atoms with Crippen molar-refractivity contribution in [2.24, 2.45) is 0 Å².